The van der Waals surface area contributed by atoms with Gasteiger partial charge in [0, 0.05) is 31.1 Å². The van der Waals surface area contributed by atoms with Gasteiger partial charge in [-0.3, -0.25) is 9.59 Å². The van der Waals surface area contributed by atoms with Crippen LogP contribution >= 0.6 is 11.8 Å². The quantitative estimate of drug-likeness (QED) is 0.450. The van der Waals surface area contributed by atoms with E-state index in [1.54, 1.807) is 38.4 Å². The summed E-state index contributed by atoms with van der Waals surface area (Å²) in [6, 6.07) is 27.2. The van der Waals surface area contributed by atoms with Crippen molar-refractivity contribution in [2.24, 2.45) is 0 Å². The predicted octanol–water partition coefficient (Wildman–Crippen LogP) is 4.87. The third kappa shape index (κ3) is 6.97. The summed E-state index contributed by atoms with van der Waals surface area (Å²) < 4.78 is 6.18. The molecule has 0 saturated carbocycles. The van der Waals surface area contributed by atoms with Gasteiger partial charge in [0.25, 0.3) is 5.91 Å². The molecule has 6 heteroatoms. The maximum absolute atomic E-state index is 12.2. The minimum absolute atomic E-state index is 0.0669. The van der Waals surface area contributed by atoms with Crippen LogP contribution in [-0.4, -0.2) is 48.9 Å². The van der Waals surface area contributed by atoms with Crippen molar-refractivity contribution in [3.05, 3.63) is 102 Å². The summed E-state index contributed by atoms with van der Waals surface area (Å²) in [5.74, 6) is 0.898. The number of hydrogen-bond donors (Lipinski definition) is 1. The van der Waals surface area contributed by atoms with Crippen molar-refractivity contribution in [3.63, 3.8) is 0 Å². The highest BCUT2D eigenvalue weighted by molar-refractivity contribution is 7.99. The van der Waals surface area contributed by atoms with E-state index in [1.807, 2.05) is 36.4 Å². The number of rotatable bonds is 10. The minimum Gasteiger partial charge on any atom is -0.368 e. The summed E-state index contributed by atoms with van der Waals surface area (Å²) in [5, 5.41) is 2.86. The summed E-state index contributed by atoms with van der Waals surface area (Å²) in [6.07, 6.45) is -0.129. The van der Waals surface area contributed by atoms with E-state index in [1.165, 1.54) is 16.7 Å². The third-order valence-electron chi connectivity index (χ3n) is 4.77. The first-order valence-electron chi connectivity index (χ1n) is 10.5. The molecule has 0 heterocycles. The third-order valence-corrected chi connectivity index (χ3v) is 5.69. The van der Waals surface area contributed by atoms with Gasteiger partial charge in [-0.1, -0.05) is 60.7 Å². The van der Waals surface area contributed by atoms with Crippen molar-refractivity contribution in [2.45, 2.75) is 6.10 Å². The van der Waals surface area contributed by atoms with Crippen LogP contribution in [0, 0.1) is 0 Å². The summed E-state index contributed by atoms with van der Waals surface area (Å²) in [4.78, 5) is 25.7. The van der Waals surface area contributed by atoms with Crippen molar-refractivity contribution >= 4 is 29.3 Å². The van der Waals surface area contributed by atoms with Gasteiger partial charge in [0.15, 0.2) is 0 Å². The van der Waals surface area contributed by atoms with Crippen molar-refractivity contribution in [1.29, 1.82) is 0 Å². The van der Waals surface area contributed by atoms with Gasteiger partial charge in [-0.15, -0.1) is 11.8 Å². The molecule has 0 unspecified atom stereocenters. The van der Waals surface area contributed by atoms with Crippen molar-refractivity contribution < 1.29 is 14.3 Å². The first-order valence-corrected chi connectivity index (χ1v) is 11.6. The molecule has 0 aromatic heterocycles. The van der Waals surface area contributed by atoms with E-state index in [4.69, 9.17) is 4.74 Å². The van der Waals surface area contributed by atoms with Crippen LogP contribution in [0.2, 0.25) is 0 Å². The van der Waals surface area contributed by atoms with Gasteiger partial charge in [-0.05, 0) is 35.4 Å². The number of nitrogens with zero attached hydrogens (tertiary/aromatic N) is 1. The molecule has 3 aromatic rings. The topological polar surface area (TPSA) is 58.6 Å². The van der Waals surface area contributed by atoms with Gasteiger partial charge in [0.05, 0.1) is 12.4 Å². The second-order valence-electron chi connectivity index (χ2n) is 7.45. The molecule has 0 aliphatic heterocycles. The van der Waals surface area contributed by atoms with Crippen LogP contribution in [0.15, 0.2) is 84.9 Å². The molecule has 2 amide bonds. The minimum atomic E-state index is -0.129. The molecule has 0 fully saturated rings. The standard InChI is InChI=1S/C26H28N2O3S/c1-28(2)26(30)22-13-15-23(16-14-22)27-24(29)19-32-18-17-31-25(20-9-5-3-6-10-20)21-11-7-4-8-12-21/h3-16,25H,17-19H2,1-2H3,(H,27,29). The second-order valence-corrected chi connectivity index (χ2v) is 8.56. The molecule has 0 aliphatic rings. The zero-order chi connectivity index (χ0) is 22.8. The molecule has 32 heavy (non-hydrogen) atoms. The van der Waals surface area contributed by atoms with E-state index < -0.39 is 0 Å². The Balaban J connectivity index is 1.44. The number of hydrogen-bond acceptors (Lipinski definition) is 4. The smallest absolute Gasteiger partial charge is 0.253 e. The van der Waals surface area contributed by atoms with Crippen LogP contribution in [-0.2, 0) is 9.53 Å². The average molecular weight is 449 g/mol. The maximum atomic E-state index is 12.2. The molecule has 0 saturated heterocycles. The van der Waals surface area contributed by atoms with E-state index in [9.17, 15) is 9.59 Å². The first-order chi connectivity index (χ1) is 15.5. The Morgan fingerprint density at radius 1 is 0.875 bits per heavy atom. The van der Waals surface area contributed by atoms with Crippen LogP contribution in [0.25, 0.3) is 0 Å². The fourth-order valence-electron chi connectivity index (χ4n) is 3.18. The Labute approximate surface area is 193 Å². The van der Waals surface area contributed by atoms with Gasteiger partial charge in [-0.2, -0.15) is 0 Å². The van der Waals surface area contributed by atoms with Gasteiger partial charge in [0.1, 0.15) is 6.10 Å². The molecule has 0 radical (unpaired) electrons. The lowest BCUT2D eigenvalue weighted by Crippen LogP contribution is -2.21. The van der Waals surface area contributed by atoms with Gasteiger partial charge >= 0.3 is 0 Å². The highest BCUT2D eigenvalue weighted by atomic mass is 32.2. The van der Waals surface area contributed by atoms with Crippen LogP contribution < -0.4 is 5.32 Å². The number of benzene rings is 3. The maximum Gasteiger partial charge on any atom is 0.253 e. The van der Waals surface area contributed by atoms with Gasteiger partial charge in [0.2, 0.25) is 5.91 Å². The van der Waals surface area contributed by atoms with Crippen LogP contribution in [0.5, 0.6) is 0 Å². The van der Waals surface area contributed by atoms with E-state index in [-0.39, 0.29) is 17.9 Å². The lowest BCUT2D eigenvalue weighted by Gasteiger charge is -2.19. The molecule has 0 spiro atoms. The monoisotopic (exact) mass is 448 g/mol. The number of ether oxygens (including phenoxy) is 1. The lowest BCUT2D eigenvalue weighted by molar-refractivity contribution is -0.113. The number of nitrogens with one attached hydrogen (secondary N) is 1. The fraction of sp³-hybridized carbons (Fsp3) is 0.231. The average Bonchev–Trinajstić information content (AvgIpc) is 2.82. The van der Waals surface area contributed by atoms with Crippen LogP contribution in [0.1, 0.15) is 27.6 Å². The number of thioether (sulfide) groups is 1. The first kappa shape index (κ1) is 23.6. The zero-order valence-corrected chi connectivity index (χ0v) is 19.2. The predicted molar refractivity (Wildman–Crippen MR) is 131 cm³/mol. The summed E-state index contributed by atoms with van der Waals surface area (Å²) >= 11 is 1.53. The van der Waals surface area contributed by atoms with Gasteiger partial charge in [-0.25, -0.2) is 0 Å². The molecule has 0 bridgehead atoms. The molecular weight excluding hydrogens is 420 g/mol. The lowest BCUT2D eigenvalue weighted by atomic mass is 10.0. The highest BCUT2D eigenvalue weighted by Crippen LogP contribution is 2.26. The van der Waals surface area contributed by atoms with Crippen molar-refractivity contribution in [2.75, 3.05) is 37.5 Å². The molecule has 0 aliphatic carbocycles. The number of carbonyl (C=O) groups is 2. The Bertz CT molecular complexity index is 953. The van der Waals surface area contributed by atoms with E-state index in [0.29, 0.717) is 29.4 Å². The van der Waals surface area contributed by atoms with E-state index in [2.05, 4.69) is 29.6 Å². The summed E-state index contributed by atoms with van der Waals surface area (Å²) in [5.41, 5.74) is 3.48. The SMILES string of the molecule is CN(C)C(=O)c1ccc(NC(=O)CSCCOC(c2ccccc2)c2ccccc2)cc1. The van der Waals surface area contributed by atoms with E-state index >= 15 is 0 Å². The highest BCUT2D eigenvalue weighted by Gasteiger charge is 2.14. The summed E-state index contributed by atoms with van der Waals surface area (Å²) in [7, 11) is 3.42. The van der Waals surface area contributed by atoms with E-state index in [0.717, 1.165) is 11.1 Å². The zero-order valence-electron chi connectivity index (χ0n) is 18.4. The largest absolute Gasteiger partial charge is 0.368 e. The number of anilines is 1. The molecule has 5 nitrogen and oxygen atoms in total. The number of amides is 2. The van der Waals surface area contributed by atoms with Crippen molar-refractivity contribution in [1.82, 2.24) is 4.90 Å². The molecular formula is C26H28N2O3S. The normalized spacial score (nSPS) is 10.7. The molecule has 3 aromatic carbocycles. The fourth-order valence-corrected chi connectivity index (χ4v) is 3.80. The van der Waals surface area contributed by atoms with Gasteiger partial charge < -0.3 is 15.0 Å². The molecule has 0 atom stereocenters. The van der Waals surface area contributed by atoms with Crippen LogP contribution in [0.3, 0.4) is 0 Å². The Morgan fingerprint density at radius 2 is 1.44 bits per heavy atom. The molecule has 166 valence electrons. The summed E-state index contributed by atoms with van der Waals surface area (Å²) in [6.45, 7) is 0.535. The van der Waals surface area contributed by atoms with Crippen molar-refractivity contribution in [3.8, 4) is 0 Å². The molecule has 1 N–H and O–H groups in total. The molecule has 3 rings (SSSR count). The second kappa shape index (κ2) is 12.1. The number of carbonyl (C=O) groups excluding carboxylic acids is 2. The Hall–Kier alpha value is -3.09. The Morgan fingerprint density at radius 3 is 1.97 bits per heavy atom. The Kier molecular flexibility index (Phi) is 8.90. The van der Waals surface area contributed by atoms with Crippen LogP contribution in [0.4, 0.5) is 5.69 Å².